The van der Waals surface area contributed by atoms with Crippen LogP contribution in [0.1, 0.15) is 12.1 Å². The summed E-state index contributed by atoms with van der Waals surface area (Å²) < 4.78 is 7.55. The van der Waals surface area contributed by atoms with Crippen molar-refractivity contribution >= 4 is 0 Å². The molecule has 0 bridgehead atoms. The third kappa shape index (κ3) is 1.83. The standard InChI is InChI=1S/C9H15N3O/c1-7-5-9(12(2)11-7)13-8-3-4-10-6-8/h5,8,10H,3-4,6H2,1-2H3. The monoisotopic (exact) mass is 181 g/mol. The van der Waals surface area contributed by atoms with Crippen molar-refractivity contribution in [3.05, 3.63) is 11.8 Å². The first-order chi connectivity index (χ1) is 6.25. The van der Waals surface area contributed by atoms with Crippen LogP contribution < -0.4 is 10.1 Å². The van der Waals surface area contributed by atoms with Crippen molar-refractivity contribution in [2.45, 2.75) is 19.4 Å². The second kappa shape index (κ2) is 3.38. The smallest absolute Gasteiger partial charge is 0.212 e. The molecule has 1 aromatic heterocycles. The average molecular weight is 181 g/mol. The topological polar surface area (TPSA) is 39.1 Å². The lowest BCUT2D eigenvalue weighted by Gasteiger charge is -2.11. The zero-order valence-corrected chi connectivity index (χ0v) is 8.08. The van der Waals surface area contributed by atoms with Crippen LogP contribution in [0, 0.1) is 6.92 Å². The van der Waals surface area contributed by atoms with Crippen molar-refractivity contribution in [2.75, 3.05) is 13.1 Å². The molecule has 1 saturated heterocycles. The molecule has 0 aromatic carbocycles. The van der Waals surface area contributed by atoms with Crippen LogP contribution in [0.2, 0.25) is 0 Å². The molecule has 1 atom stereocenters. The Balaban J connectivity index is 2.03. The molecule has 1 fully saturated rings. The molecule has 2 rings (SSSR count). The number of hydrogen-bond acceptors (Lipinski definition) is 3. The van der Waals surface area contributed by atoms with Gasteiger partial charge in [0.05, 0.1) is 5.69 Å². The molecular weight excluding hydrogens is 166 g/mol. The molecule has 0 saturated carbocycles. The van der Waals surface area contributed by atoms with Gasteiger partial charge in [0, 0.05) is 19.7 Å². The van der Waals surface area contributed by atoms with E-state index in [2.05, 4.69) is 10.4 Å². The van der Waals surface area contributed by atoms with E-state index in [1.54, 1.807) is 4.68 Å². The normalized spacial score (nSPS) is 22.2. The molecule has 1 aliphatic heterocycles. The fourth-order valence-corrected chi connectivity index (χ4v) is 1.60. The molecule has 0 radical (unpaired) electrons. The van der Waals surface area contributed by atoms with E-state index in [-0.39, 0.29) is 0 Å². The van der Waals surface area contributed by atoms with Crippen LogP contribution in [0.15, 0.2) is 6.07 Å². The molecule has 0 spiro atoms. The molecular formula is C9H15N3O. The van der Waals surface area contributed by atoms with Gasteiger partial charge in [0.2, 0.25) is 5.88 Å². The van der Waals surface area contributed by atoms with E-state index in [1.807, 2.05) is 20.0 Å². The lowest BCUT2D eigenvalue weighted by Crippen LogP contribution is -2.20. The van der Waals surface area contributed by atoms with E-state index in [0.717, 1.165) is 31.1 Å². The molecule has 1 unspecified atom stereocenters. The van der Waals surface area contributed by atoms with Crippen molar-refractivity contribution in [1.29, 1.82) is 0 Å². The highest BCUT2D eigenvalue weighted by Gasteiger charge is 2.17. The zero-order valence-electron chi connectivity index (χ0n) is 8.08. The number of rotatable bonds is 2. The van der Waals surface area contributed by atoms with Crippen LogP contribution >= 0.6 is 0 Å². The Morgan fingerprint density at radius 3 is 3.08 bits per heavy atom. The summed E-state index contributed by atoms with van der Waals surface area (Å²) in [4.78, 5) is 0. The maximum Gasteiger partial charge on any atom is 0.212 e. The summed E-state index contributed by atoms with van der Waals surface area (Å²) in [6, 6.07) is 1.97. The number of aryl methyl sites for hydroxylation is 2. The maximum absolute atomic E-state index is 5.76. The quantitative estimate of drug-likeness (QED) is 0.721. The van der Waals surface area contributed by atoms with Gasteiger partial charge in [0.1, 0.15) is 6.10 Å². The van der Waals surface area contributed by atoms with Crippen molar-refractivity contribution < 1.29 is 4.74 Å². The molecule has 2 heterocycles. The minimum absolute atomic E-state index is 0.315. The van der Waals surface area contributed by atoms with Crippen molar-refractivity contribution in [3.63, 3.8) is 0 Å². The minimum atomic E-state index is 0.315. The Morgan fingerprint density at radius 2 is 2.54 bits per heavy atom. The Bertz CT molecular complexity index is 289. The van der Waals surface area contributed by atoms with Crippen LogP contribution in [-0.4, -0.2) is 29.0 Å². The van der Waals surface area contributed by atoms with Crippen molar-refractivity contribution in [2.24, 2.45) is 7.05 Å². The zero-order chi connectivity index (χ0) is 9.26. The Hall–Kier alpha value is -1.03. The Labute approximate surface area is 77.9 Å². The van der Waals surface area contributed by atoms with Gasteiger partial charge in [0.25, 0.3) is 0 Å². The van der Waals surface area contributed by atoms with E-state index >= 15 is 0 Å². The number of nitrogens with one attached hydrogen (secondary N) is 1. The van der Waals surface area contributed by atoms with Gasteiger partial charge in [0.15, 0.2) is 0 Å². The summed E-state index contributed by atoms with van der Waals surface area (Å²) in [5, 5.41) is 7.49. The van der Waals surface area contributed by atoms with Gasteiger partial charge in [-0.25, -0.2) is 4.68 Å². The highest BCUT2D eigenvalue weighted by Crippen LogP contribution is 2.15. The van der Waals surface area contributed by atoms with Crippen LogP contribution in [0.4, 0.5) is 0 Å². The molecule has 4 heteroatoms. The van der Waals surface area contributed by atoms with Gasteiger partial charge in [-0.2, -0.15) is 5.10 Å². The fraction of sp³-hybridized carbons (Fsp3) is 0.667. The highest BCUT2D eigenvalue weighted by molar-refractivity contribution is 5.14. The van der Waals surface area contributed by atoms with Gasteiger partial charge in [-0.1, -0.05) is 0 Å². The summed E-state index contributed by atoms with van der Waals surface area (Å²) in [5.74, 6) is 0.867. The van der Waals surface area contributed by atoms with Crippen molar-refractivity contribution in [3.8, 4) is 5.88 Å². The number of aromatic nitrogens is 2. The minimum Gasteiger partial charge on any atom is -0.473 e. The van der Waals surface area contributed by atoms with E-state index in [4.69, 9.17) is 4.74 Å². The first-order valence-corrected chi connectivity index (χ1v) is 4.64. The molecule has 0 aliphatic carbocycles. The van der Waals surface area contributed by atoms with Crippen LogP contribution in [0.3, 0.4) is 0 Å². The van der Waals surface area contributed by atoms with Gasteiger partial charge >= 0.3 is 0 Å². The lowest BCUT2D eigenvalue weighted by atomic mass is 10.3. The molecule has 1 N–H and O–H groups in total. The first-order valence-electron chi connectivity index (χ1n) is 4.64. The summed E-state index contributed by atoms with van der Waals surface area (Å²) in [5.41, 5.74) is 1.00. The number of nitrogens with zero attached hydrogens (tertiary/aromatic N) is 2. The second-order valence-corrected chi connectivity index (χ2v) is 3.48. The van der Waals surface area contributed by atoms with E-state index in [9.17, 15) is 0 Å². The molecule has 72 valence electrons. The Kier molecular flexibility index (Phi) is 2.22. The fourth-order valence-electron chi connectivity index (χ4n) is 1.60. The predicted molar refractivity (Wildman–Crippen MR) is 49.8 cm³/mol. The molecule has 1 aromatic rings. The number of hydrogen-bond donors (Lipinski definition) is 1. The van der Waals surface area contributed by atoms with Gasteiger partial charge in [-0.05, 0) is 19.9 Å². The average Bonchev–Trinajstić information content (AvgIpc) is 2.63. The molecule has 1 aliphatic rings. The van der Waals surface area contributed by atoms with E-state index in [1.165, 1.54) is 0 Å². The summed E-state index contributed by atoms with van der Waals surface area (Å²) in [6.07, 6.45) is 1.40. The van der Waals surface area contributed by atoms with Crippen LogP contribution in [-0.2, 0) is 7.05 Å². The highest BCUT2D eigenvalue weighted by atomic mass is 16.5. The Morgan fingerprint density at radius 1 is 1.69 bits per heavy atom. The second-order valence-electron chi connectivity index (χ2n) is 3.48. The number of ether oxygens (including phenoxy) is 1. The van der Waals surface area contributed by atoms with E-state index in [0.29, 0.717) is 6.10 Å². The van der Waals surface area contributed by atoms with Crippen molar-refractivity contribution in [1.82, 2.24) is 15.1 Å². The summed E-state index contributed by atoms with van der Waals surface area (Å²) in [6.45, 7) is 3.98. The van der Waals surface area contributed by atoms with Gasteiger partial charge in [-0.3, -0.25) is 0 Å². The SMILES string of the molecule is Cc1cc(OC2CCNC2)n(C)n1. The van der Waals surface area contributed by atoms with Gasteiger partial charge < -0.3 is 10.1 Å². The molecule has 0 amide bonds. The van der Waals surface area contributed by atoms with Gasteiger partial charge in [-0.15, -0.1) is 0 Å². The maximum atomic E-state index is 5.76. The van der Waals surface area contributed by atoms with Crippen LogP contribution in [0.5, 0.6) is 5.88 Å². The van der Waals surface area contributed by atoms with Crippen LogP contribution in [0.25, 0.3) is 0 Å². The summed E-state index contributed by atoms with van der Waals surface area (Å²) in [7, 11) is 1.91. The third-order valence-electron chi connectivity index (χ3n) is 2.26. The molecule has 4 nitrogen and oxygen atoms in total. The first kappa shape index (κ1) is 8.56. The largest absolute Gasteiger partial charge is 0.473 e. The lowest BCUT2D eigenvalue weighted by molar-refractivity contribution is 0.204. The predicted octanol–water partition coefficient (Wildman–Crippen LogP) is 0.469. The summed E-state index contributed by atoms with van der Waals surface area (Å²) >= 11 is 0. The van der Waals surface area contributed by atoms with E-state index < -0.39 is 0 Å². The molecule has 13 heavy (non-hydrogen) atoms. The third-order valence-corrected chi connectivity index (χ3v) is 2.26.